The van der Waals surface area contributed by atoms with Gasteiger partial charge in [-0.2, -0.15) is 0 Å². The van der Waals surface area contributed by atoms with Gasteiger partial charge in [-0.25, -0.2) is 8.42 Å². The molecular weight excluding hydrogens is 288 g/mol. The lowest BCUT2D eigenvalue weighted by atomic mass is 10.1. The van der Waals surface area contributed by atoms with E-state index in [-0.39, 0.29) is 5.91 Å². The molecule has 0 spiro atoms. The molecular formula is C15H20N2O3S. The summed E-state index contributed by atoms with van der Waals surface area (Å²) in [6.45, 7) is 2.78. The van der Waals surface area contributed by atoms with E-state index in [4.69, 9.17) is 0 Å². The highest BCUT2D eigenvalue weighted by Gasteiger charge is 2.37. The minimum atomic E-state index is -3.38. The molecule has 6 heteroatoms. The van der Waals surface area contributed by atoms with E-state index in [1.807, 2.05) is 24.3 Å². The number of rotatable bonds is 3. The minimum absolute atomic E-state index is 0.333. The molecule has 1 amide bonds. The van der Waals surface area contributed by atoms with Gasteiger partial charge in [-0.3, -0.25) is 4.79 Å². The molecule has 2 aliphatic rings. The van der Waals surface area contributed by atoms with Gasteiger partial charge in [-0.15, -0.1) is 0 Å². The zero-order valence-electron chi connectivity index (χ0n) is 12.3. The summed E-state index contributed by atoms with van der Waals surface area (Å²) in [5.41, 5.74) is 1.87. The molecule has 1 saturated carbocycles. The maximum atomic E-state index is 12.5. The van der Waals surface area contributed by atoms with Crippen molar-refractivity contribution in [3.05, 3.63) is 24.3 Å². The Bertz CT molecular complexity index is 667. The zero-order chi connectivity index (χ0) is 15.2. The van der Waals surface area contributed by atoms with Gasteiger partial charge in [0, 0.05) is 25.4 Å². The third-order valence-electron chi connectivity index (χ3n) is 4.29. The number of hydrogen-bond donors (Lipinski definition) is 0. The van der Waals surface area contributed by atoms with Gasteiger partial charge in [0.2, 0.25) is 5.91 Å². The van der Waals surface area contributed by atoms with Gasteiger partial charge in [0.05, 0.1) is 11.4 Å². The summed E-state index contributed by atoms with van der Waals surface area (Å²) in [5.74, 6) is -0.333. The molecule has 1 aromatic rings. The van der Waals surface area contributed by atoms with Gasteiger partial charge < -0.3 is 9.80 Å². The molecule has 0 bridgehead atoms. The highest BCUT2D eigenvalue weighted by molar-refractivity contribution is 7.92. The topological polar surface area (TPSA) is 57.7 Å². The monoisotopic (exact) mass is 308 g/mol. The second-order valence-electron chi connectivity index (χ2n) is 5.87. The van der Waals surface area contributed by atoms with E-state index in [1.54, 1.807) is 4.90 Å². The first-order chi connectivity index (χ1) is 9.89. The maximum Gasteiger partial charge on any atom is 0.245 e. The fourth-order valence-electron chi connectivity index (χ4n) is 2.78. The first kappa shape index (κ1) is 14.4. The summed E-state index contributed by atoms with van der Waals surface area (Å²) in [6.07, 6.45) is 3.51. The van der Waals surface area contributed by atoms with Crippen LogP contribution in [0.5, 0.6) is 0 Å². The van der Waals surface area contributed by atoms with Crippen LogP contribution in [0.1, 0.15) is 19.8 Å². The number of benzene rings is 1. The molecule has 114 valence electrons. The molecule has 0 radical (unpaired) electrons. The van der Waals surface area contributed by atoms with E-state index in [0.717, 1.165) is 24.2 Å². The summed E-state index contributed by atoms with van der Waals surface area (Å²) in [6, 6.07) is 8.34. The third kappa shape index (κ3) is 2.64. The third-order valence-corrected chi connectivity index (χ3v) is 5.78. The Hall–Kier alpha value is -1.56. The van der Waals surface area contributed by atoms with Gasteiger partial charge in [-0.1, -0.05) is 12.1 Å². The van der Waals surface area contributed by atoms with Crippen molar-refractivity contribution in [2.45, 2.75) is 31.1 Å². The van der Waals surface area contributed by atoms with Gasteiger partial charge >= 0.3 is 0 Å². The Kier molecular flexibility index (Phi) is 3.43. The number of carbonyl (C=O) groups is 1. The molecule has 21 heavy (non-hydrogen) atoms. The minimum Gasteiger partial charge on any atom is -0.365 e. The number of anilines is 2. The molecule has 0 saturated heterocycles. The highest BCUT2D eigenvalue weighted by atomic mass is 32.2. The first-order valence-electron chi connectivity index (χ1n) is 7.25. The van der Waals surface area contributed by atoms with Crippen molar-refractivity contribution in [3.8, 4) is 0 Å². The van der Waals surface area contributed by atoms with E-state index < -0.39 is 15.1 Å². The molecule has 1 aliphatic heterocycles. The molecule has 1 fully saturated rings. The second kappa shape index (κ2) is 5.02. The standard InChI is InChI=1S/C15H20N2O3S/c1-11(21(2,19)20)15(18)17-10-9-16(12-7-8-12)13-5-3-4-6-14(13)17/h3-6,11-12H,7-10H2,1-2H3. The van der Waals surface area contributed by atoms with Gasteiger partial charge in [0.15, 0.2) is 9.84 Å². The smallest absolute Gasteiger partial charge is 0.245 e. The lowest BCUT2D eigenvalue weighted by molar-refractivity contribution is -0.118. The lowest BCUT2D eigenvalue weighted by Gasteiger charge is -2.38. The molecule has 1 unspecified atom stereocenters. The average Bonchev–Trinajstić information content (AvgIpc) is 3.28. The number of hydrogen-bond acceptors (Lipinski definition) is 4. The summed E-state index contributed by atoms with van der Waals surface area (Å²) in [5, 5.41) is -1.00. The molecule has 1 aromatic carbocycles. The maximum absolute atomic E-state index is 12.5. The zero-order valence-corrected chi connectivity index (χ0v) is 13.1. The quantitative estimate of drug-likeness (QED) is 0.848. The van der Waals surface area contributed by atoms with Crippen molar-refractivity contribution in [1.29, 1.82) is 0 Å². The van der Waals surface area contributed by atoms with Crippen molar-refractivity contribution in [1.82, 2.24) is 0 Å². The summed E-state index contributed by atoms with van der Waals surface area (Å²) >= 11 is 0. The van der Waals surface area contributed by atoms with Crippen molar-refractivity contribution >= 4 is 27.1 Å². The lowest BCUT2D eigenvalue weighted by Crippen LogP contribution is -2.49. The molecule has 5 nitrogen and oxygen atoms in total. The molecule has 1 aliphatic carbocycles. The highest BCUT2D eigenvalue weighted by Crippen LogP contribution is 2.40. The predicted octanol–water partition coefficient (Wildman–Crippen LogP) is 1.44. The van der Waals surface area contributed by atoms with Crippen LogP contribution < -0.4 is 9.80 Å². The summed E-state index contributed by atoms with van der Waals surface area (Å²) < 4.78 is 23.3. The number of para-hydroxylation sites is 2. The first-order valence-corrected chi connectivity index (χ1v) is 9.21. The molecule has 0 aromatic heterocycles. The Morgan fingerprint density at radius 2 is 1.81 bits per heavy atom. The molecule has 3 rings (SSSR count). The van der Waals surface area contributed by atoms with Gasteiger partial charge in [0.25, 0.3) is 0 Å². The normalized spacial score (nSPS) is 20.1. The Morgan fingerprint density at radius 1 is 1.19 bits per heavy atom. The van der Waals surface area contributed by atoms with Crippen LogP contribution in [0.3, 0.4) is 0 Å². The Balaban J connectivity index is 1.94. The fourth-order valence-corrected chi connectivity index (χ4v) is 3.27. The van der Waals surface area contributed by atoms with E-state index in [2.05, 4.69) is 4.90 Å². The van der Waals surface area contributed by atoms with Crippen LogP contribution in [0.25, 0.3) is 0 Å². The van der Waals surface area contributed by atoms with Crippen LogP contribution in [0, 0.1) is 0 Å². The molecule has 1 atom stereocenters. The van der Waals surface area contributed by atoms with E-state index in [9.17, 15) is 13.2 Å². The fraction of sp³-hybridized carbons (Fsp3) is 0.533. The van der Waals surface area contributed by atoms with E-state index in [0.29, 0.717) is 12.6 Å². The van der Waals surface area contributed by atoms with E-state index >= 15 is 0 Å². The summed E-state index contributed by atoms with van der Waals surface area (Å²) in [4.78, 5) is 16.5. The van der Waals surface area contributed by atoms with Gasteiger partial charge in [0.1, 0.15) is 5.25 Å². The van der Waals surface area contributed by atoms with Crippen LogP contribution in [0.15, 0.2) is 24.3 Å². The Labute approximate surface area is 125 Å². The van der Waals surface area contributed by atoms with Crippen LogP contribution >= 0.6 is 0 Å². The van der Waals surface area contributed by atoms with Crippen LogP contribution in [0.4, 0.5) is 11.4 Å². The number of fused-ring (bicyclic) bond motifs is 1. The van der Waals surface area contributed by atoms with Crippen molar-refractivity contribution in [2.24, 2.45) is 0 Å². The second-order valence-corrected chi connectivity index (χ2v) is 8.24. The largest absolute Gasteiger partial charge is 0.365 e. The van der Waals surface area contributed by atoms with Crippen LogP contribution in [-0.2, 0) is 14.6 Å². The van der Waals surface area contributed by atoms with E-state index in [1.165, 1.54) is 19.8 Å². The number of sulfone groups is 1. The number of nitrogens with zero attached hydrogens (tertiary/aromatic N) is 2. The van der Waals surface area contributed by atoms with Crippen molar-refractivity contribution in [2.75, 3.05) is 29.1 Å². The van der Waals surface area contributed by atoms with Crippen LogP contribution in [0.2, 0.25) is 0 Å². The van der Waals surface area contributed by atoms with Crippen LogP contribution in [-0.4, -0.2) is 45.0 Å². The average molecular weight is 308 g/mol. The molecule has 1 heterocycles. The van der Waals surface area contributed by atoms with Gasteiger partial charge in [-0.05, 0) is 31.9 Å². The number of carbonyl (C=O) groups excluding carboxylic acids is 1. The van der Waals surface area contributed by atoms with Crippen molar-refractivity contribution in [3.63, 3.8) is 0 Å². The number of amides is 1. The summed E-state index contributed by atoms with van der Waals surface area (Å²) in [7, 11) is -3.38. The Morgan fingerprint density at radius 3 is 2.38 bits per heavy atom. The SMILES string of the molecule is CC(C(=O)N1CCN(C2CC2)c2ccccc21)S(C)(=O)=O. The molecule has 0 N–H and O–H groups in total. The predicted molar refractivity (Wildman–Crippen MR) is 83.5 cm³/mol. The van der Waals surface area contributed by atoms with Crippen molar-refractivity contribution < 1.29 is 13.2 Å².